The molecule has 0 radical (unpaired) electrons. The average molecular weight is 494 g/mol. The number of sulfone groups is 1. The van der Waals surface area contributed by atoms with Gasteiger partial charge in [-0.1, -0.05) is 23.7 Å². The molecule has 0 atom stereocenters. The van der Waals surface area contributed by atoms with Crippen LogP contribution in [0.3, 0.4) is 0 Å². The summed E-state index contributed by atoms with van der Waals surface area (Å²) in [5.41, 5.74) is 0.936. The summed E-state index contributed by atoms with van der Waals surface area (Å²) >= 11 is 7.67. The maximum absolute atomic E-state index is 11.8. The number of nitrogens with zero attached hydrogens (tertiary/aromatic N) is 3. The van der Waals surface area contributed by atoms with Crippen molar-refractivity contribution in [2.24, 2.45) is 0 Å². The van der Waals surface area contributed by atoms with Crippen LogP contribution in [0, 0.1) is 0 Å². The first-order valence-corrected chi connectivity index (χ1v) is 13.8. The first-order valence-electron chi connectivity index (χ1n) is 10.6. The fraction of sp³-hybridized carbons (Fsp3) is 0.455. The van der Waals surface area contributed by atoms with Crippen LogP contribution >= 0.6 is 22.9 Å². The number of thiophene rings is 1. The van der Waals surface area contributed by atoms with Gasteiger partial charge in [0.2, 0.25) is 5.95 Å². The minimum Gasteiger partial charge on any atom is -0.362 e. The lowest BCUT2D eigenvalue weighted by Gasteiger charge is -2.30. The number of benzene rings is 1. The summed E-state index contributed by atoms with van der Waals surface area (Å²) in [6, 6.07) is 8.76. The molecule has 1 saturated carbocycles. The number of para-hydroxylation sites is 1. The molecular weight excluding hydrogens is 466 g/mol. The largest absolute Gasteiger partial charge is 0.362 e. The molecule has 0 saturated heterocycles. The standard InChI is InChI=1S/C22H28ClN5O2S2/c1-28(2)21-16-6-4-5-7-17(16)26-22(27-21)25-15-10-8-14(9-11-15)24-12-18-20(23)19(13-31-18)32(3,29)30/h4-7,13-15,24H,8-12H2,1-3H3,(H,25,26,27). The highest BCUT2D eigenvalue weighted by Gasteiger charge is 2.23. The molecule has 1 aromatic carbocycles. The Morgan fingerprint density at radius 1 is 1.12 bits per heavy atom. The van der Waals surface area contributed by atoms with Crippen molar-refractivity contribution in [3.63, 3.8) is 0 Å². The number of nitrogens with one attached hydrogen (secondary N) is 2. The molecular formula is C22H28ClN5O2S2. The third kappa shape index (κ3) is 5.17. The van der Waals surface area contributed by atoms with Crippen molar-refractivity contribution >= 4 is 55.4 Å². The number of hydrogen-bond acceptors (Lipinski definition) is 8. The third-order valence-corrected chi connectivity index (χ3v) is 8.70. The lowest BCUT2D eigenvalue weighted by Crippen LogP contribution is -2.36. The van der Waals surface area contributed by atoms with Crippen LogP contribution in [-0.2, 0) is 16.4 Å². The Morgan fingerprint density at radius 2 is 1.81 bits per heavy atom. The molecule has 4 rings (SSSR count). The molecule has 3 aromatic rings. The van der Waals surface area contributed by atoms with Crippen LogP contribution in [0.4, 0.5) is 11.8 Å². The van der Waals surface area contributed by atoms with E-state index >= 15 is 0 Å². The van der Waals surface area contributed by atoms with E-state index in [1.165, 1.54) is 17.6 Å². The van der Waals surface area contributed by atoms with Crippen molar-refractivity contribution in [2.45, 2.75) is 49.2 Å². The molecule has 10 heteroatoms. The van der Waals surface area contributed by atoms with E-state index in [-0.39, 0.29) is 4.90 Å². The van der Waals surface area contributed by atoms with Gasteiger partial charge < -0.3 is 15.5 Å². The molecule has 0 unspecified atom stereocenters. The minimum atomic E-state index is -3.29. The van der Waals surface area contributed by atoms with Gasteiger partial charge in [0.1, 0.15) is 5.82 Å². The zero-order valence-corrected chi connectivity index (χ0v) is 20.8. The molecule has 0 aliphatic heterocycles. The molecule has 1 fully saturated rings. The van der Waals surface area contributed by atoms with Crippen molar-refractivity contribution < 1.29 is 8.42 Å². The van der Waals surface area contributed by atoms with E-state index in [0.29, 0.717) is 29.6 Å². The summed E-state index contributed by atoms with van der Waals surface area (Å²) < 4.78 is 23.5. The van der Waals surface area contributed by atoms with Crippen LogP contribution < -0.4 is 15.5 Å². The Labute approximate surface area is 198 Å². The molecule has 32 heavy (non-hydrogen) atoms. The monoisotopic (exact) mass is 493 g/mol. The number of anilines is 2. The van der Waals surface area contributed by atoms with Crippen molar-refractivity contribution in [2.75, 3.05) is 30.6 Å². The van der Waals surface area contributed by atoms with Gasteiger partial charge in [0.05, 0.1) is 15.4 Å². The predicted molar refractivity (Wildman–Crippen MR) is 133 cm³/mol. The maximum Gasteiger partial charge on any atom is 0.225 e. The fourth-order valence-electron chi connectivity index (χ4n) is 4.06. The molecule has 2 heterocycles. The number of aromatic nitrogens is 2. The van der Waals surface area contributed by atoms with Crippen LogP contribution in [0.1, 0.15) is 30.6 Å². The summed E-state index contributed by atoms with van der Waals surface area (Å²) in [6.45, 7) is 0.585. The third-order valence-electron chi connectivity index (χ3n) is 5.79. The smallest absolute Gasteiger partial charge is 0.225 e. The lowest BCUT2D eigenvalue weighted by atomic mass is 9.91. The van der Waals surface area contributed by atoms with Gasteiger partial charge in [0.15, 0.2) is 9.84 Å². The van der Waals surface area contributed by atoms with Gasteiger partial charge in [0.25, 0.3) is 0 Å². The molecule has 1 aliphatic carbocycles. The first-order chi connectivity index (χ1) is 15.2. The Hall–Kier alpha value is -1.94. The van der Waals surface area contributed by atoms with Gasteiger partial charge in [-0.05, 0) is 37.8 Å². The van der Waals surface area contributed by atoms with E-state index in [4.69, 9.17) is 21.6 Å². The van der Waals surface area contributed by atoms with Crippen LogP contribution in [0.5, 0.6) is 0 Å². The van der Waals surface area contributed by atoms with E-state index < -0.39 is 9.84 Å². The summed E-state index contributed by atoms with van der Waals surface area (Å²) in [4.78, 5) is 12.6. The predicted octanol–water partition coefficient (Wildman–Crippen LogP) is 4.33. The molecule has 2 aromatic heterocycles. The van der Waals surface area contributed by atoms with Crippen LogP contribution in [0.2, 0.25) is 5.02 Å². The van der Waals surface area contributed by atoms with Crippen molar-refractivity contribution in [3.05, 3.63) is 39.5 Å². The normalized spacial score (nSPS) is 19.2. The van der Waals surface area contributed by atoms with Gasteiger partial charge in [-0.2, -0.15) is 4.98 Å². The van der Waals surface area contributed by atoms with E-state index in [0.717, 1.165) is 47.3 Å². The quantitative estimate of drug-likeness (QED) is 0.506. The fourth-order valence-corrected chi connectivity index (χ4v) is 6.91. The highest BCUT2D eigenvalue weighted by atomic mass is 35.5. The molecule has 2 N–H and O–H groups in total. The molecule has 7 nitrogen and oxygen atoms in total. The van der Waals surface area contributed by atoms with Gasteiger partial charge in [-0.3, -0.25) is 0 Å². The van der Waals surface area contributed by atoms with Gasteiger partial charge >= 0.3 is 0 Å². The van der Waals surface area contributed by atoms with Crippen LogP contribution in [0.25, 0.3) is 10.9 Å². The van der Waals surface area contributed by atoms with E-state index in [9.17, 15) is 8.42 Å². The van der Waals surface area contributed by atoms with Gasteiger partial charge in [-0.15, -0.1) is 11.3 Å². The molecule has 1 aliphatic rings. The average Bonchev–Trinajstić information content (AvgIpc) is 3.13. The Bertz CT molecular complexity index is 1200. The van der Waals surface area contributed by atoms with E-state index in [1.54, 1.807) is 5.38 Å². The SMILES string of the molecule is CN(C)c1nc(NC2CCC(NCc3scc(S(C)(=O)=O)c3Cl)CC2)nc2ccccc12. The highest BCUT2D eigenvalue weighted by molar-refractivity contribution is 7.91. The highest BCUT2D eigenvalue weighted by Crippen LogP contribution is 2.32. The topological polar surface area (TPSA) is 87.2 Å². The summed E-state index contributed by atoms with van der Waals surface area (Å²) in [5.74, 6) is 1.58. The number of fused-ring (bicyclic) bond motifs is 1. The zero-order chi connectivity index (χ0) is 22.9. The van der Waals surface area contributed by atoms with Crippen molar-refractivity contribution in [1.82, 2.24) is 15.3 Å². The number of hydrogen-bond donors (Lipinski definition) is 2. The number of rotatable bonds is 7. The molecule has 172 valence electrons. The maximum atomic E-state index is 11.8. The second-order valence-electron chi connectivity index (χ2n) is 8.47. The summed E-state index contributed by atoms with van der Waals surface area (Å²) in [7, 11) is 0.701. The van der Waals surface area contributed by atoms with Crippen molar-refractivity contribution in [3.8, 4) is 0 Å². The van der Waals surface area contributed by atoms with Crippen LogP contribution in [0.15, 0.2) is 34.5 Å². The van der Waals surface area contributed by atoms with E-state index in [1.807, 2.05) is 43.3 Å². The second-order valence-corrected chi connectivity index (χ2v) is 11.8. The zero-order valence-electron chi connectivity index (χ0n) is 18.4. The molecule has 0 spiro atoms. The number of halogens is 1. The molecule has 0 amide bonds. The van der Waals surface area contributed by atoms with Crippen molar-refractivity contribution in [1.29, 1.82) is 0 Å². The summed E-state index contributed by atoms with van der Waals surface area (Å²) in [5, 5.41) is 10.1. The first kappa shape index (κ1) is 23.2. The Balaban J connectivity index is 1.34. The lowest BCUT2D eigenvalue weighted by molar-refractivity contribution is 0.353. The van der Waals surface area contributed by atoms with E-state index in [2.05, 4.69) is 10.6 Å². The minimum absolute atomic E-state index is 0.223. The Morgan fingerprint density at radius 3 is 2.47 bits per heavy atom. The van der Waals surface area contributed by atoms with Gasteiger partial charge in [0, 0.05) is 54.6 Å². The Kier molecular flexibility index (Phi) is 6.90. The second kappa shape index (κ2) is 9.51. The summed E-state index contributed by atoms with van der Waals surface area (Å²) in [6.07, 6.45) is 5.25. The van der Waals surface area contributed by atoms with Gasteiger partial charge in [-0.25, -0.2) is 13.4 Å². The molecule has 0 bridgehead atoms. The van der Waals surface area contributed by atoms with Crippen LogP contribution in [-0.4, -0.2) is 50.8 Å².